The number of allylic oxidation sites excluding steroid dienone is 1. The lowest BCUT2D eigenvalue weighted by molar-refractivity contribution is 0.565. The lowest BCUT2D eigenvalue weighted by atomic mass is 10.1. The molecule has 15 heavy (non-hydrogen) atoms. The van der Waals surface area contributed by atoms with Gasteiger partial charge in [0.2, 0.25) is 0 Å². The predicted octanol–water partition coefficient (Wildman–Crippen LogP) is 4.99. The first kappa shape index (κ1) is 14.2. The van der Waals surface area contributed by atoms with Gasteiger partial charge in [-0.05, 0) is 12.8 Å². The summed E-state index contributed by atoms with van der Waals surface area (Å²) in [4.78, 5) is 0. The molecule has 0 amide bonds. The van der Waals surface area contributed by atoms with E-state index in [1.54, 1.807) is 0 Å². The Kier molecular flexibility index (Phi) is 10.7. The van der Waals surface area contributed by atoms with Crippen molar-refractivity contribution >= 4 is 0 Å². The average Bonchev–Trinajstić information content (AvgIpc) is 2.26. The molecule has 1 nitrogen and oxygen atoms in total. The fraction of sp³-hybridized carbons (Fsp3) is 0.786. The first-order valence-corrected chi connectivity index (χ1v) is 6.39. The monoisotopic (exact) mass is 207 g/mol. The van der Waals surface area contributed by atoms with Crippen molar-refractivity contribution in [3.05, 3.63) is 12.2 Å². The van der Waals surface area contributed by atoms with Gasteiger partial charge < -0.3 is 0 Å². The van der Waals surface area contributed by atoms with Crippen LogP contribution in [0.1, 0.15) is 71.1 Å². The van der Waals surface area contributed by atoms with Crippen LogP contribution in [-0.4, -0.2) is 0 Å². The van der Waals surface area contributed by atoms with Gasteiger partial charge in [-0.25, -0.2) is 0 Å². The third-order valence-corrected chi connectivity index (χ3v) is 2.74. The molecule has 0 aromatic carbocycles. The first-order valence-electron chi connectivity index (χ1n) is 6.39. The van der Waals surface area contributed by atoms with Crippen molar-refractivity contribution < 1.29 is 0 Å². The minimum Gasteiger partial charge on any atom is -0.193 e. The van der Waals surface area contributed by atoms with Gasteiger partial charge in [-0.3, -0.25) is 0 Å². The van der Waals surface area contributed by atoms with Crippen molar-refractivity contribution in [2.24, 2.45) is 0 Å². The molecule has 0 bridgehead atoms. The highest BCUT2D eigenvalue weighted by Crippen LogP contribution is 2.11. The maximum atomic E-state index is 8.51. The van der Waals surface area contributed by atoms with Gasteiger partial charge in [0.15, 0.2) is 0 Å². The van der Waals surface area contributed by atoms with Crippen LogP contribution in [0, 0.1) is 11.3 Å². The van der Waals surface area contributed by atoms with E-state index in [2.05, 4.69) is 19.6 Å². The molecule has 0 radical (unpaired) electrons. The Morgan fingerprint density at radius 2 is 1.40 bits per heavy atom. The second-order valence-corrected chi connectivity index (χ2v) is 4.29. The third-order valence-electron chi connectivity index (χ3n) is 2.74. The van der Waals surface area contributed by atoms with Crippen LogP contribution >= 0.6 is 0 Å². The van der Waals surface area contributed by atoms with E-state index in [0.717, 1.165) is 18.4 Å². The minimum absolute atomic E-state index is 0.734. The molecule has 0 unspecified atom stereocenters. The molecule has 0 N–H and O–H groups in total. The van der Waals surface area contributed by atoms with Gasteiger partial charge in [-0.1, -0.05) is 64.9 Å². The van der Waals surface area contributed by atoms with Gasteiger partial charge >= 0.3 is 0 Å². The summed E-state index contributed by atoms with van der Waals surface area (Å²) < 4.78 is 0. The maximum absolute atomic E-state index is 8.51. The number of hydrogen-bond acceptors (Lipinski definition) is 1. The fourth-order valence-electron chi connectivity index (χ4n) is 1.70. The lowest BCUT2D eigenvalue weighted by Crippen LogP contribution is -1.82. The Balaban J connectivity index is 2.99. The SMILES string of the molecule is C=C(C#N)CCCCCCCCCCC. The van der Waals surface area contributed by atoms with Crippen molar-refractivity contribution in [1.82, 2.24) is 0 Å². The first-order chi connectivity index (χ1) is 7.31. The van der Waals surface area contributed by atoms with Crippen molar-refractivity contribution in [3.63, 3.8) is 0 Å². The van der Waals surface area contributed by atoms with E-state index in [1.807, 2.05) is 0 Å². The van der Waals surface area contributed by atoms with E-state index >= 15 is 0 Å². The summed E-state index contributed by atoms with van der Waals surface area (Å²) in [5, 5.41) is 8.51. The summed E-state index contributed by atoms with van der Waals surface area (Å²) >= 11 is 0. The van der Waals surface area contributed by atoms with Gasteiger partial charge in [0.05, 0.1) is 6.07 Å². The smallest absolute Gasteiger partial charge is 0.0940 e. The summed E-state index contributed by atoms with van der Waals surface area (Å²) in [6.45, 7) is 5.93. The van der Waals surface area contributed by atoms with Crippen LogP contribution in [-0.2, 0) is 0 Å². The highest BCUT2D eigenvalue weighted by Gasteiger charge is 1.93. The molecule has 0 saturated carbocycles. The molecule has 0 aliphatic carbocycles. The second kappa shape index (κ2) is 11.3. The largest absolute Gasteiger partial charge is 0.193 e. The Morgan fingerprint density at radius 1 is 0.933 bits per heavy atom. The van der Waals surface area contributed by atoms with Crippen molar-refractivity contribution in [1.29, 1.82) is 5.26 Å². The molecule has 0 rings (SSSR count). The van der Waals surface area contributed by atoms with Crippen molar-refractivity contribution in [3.8, 4) is 6.07 Å². The van der Waals surface area contributed by atoms with Crippen LogP contribution < -0.4 is 0 Å². The molecular formula is C14H25N. The van der Waals surface area contributed by atoms with Gasteiger partial charge in [0.25, 0.3) is 0 Å². The molecule has 0 aliphatic heterocycles. The van der Waals surface area contributed by atoms with E-state index < -0.39 is 0 Å². The molecule has 1 heteroatoms. The third kappa shape index (κ3) is 11.2. The van der Waals surface area contributed by atoms with E-state index in [4.69, 9.17) is 5.26 Å². The molecule has 0 aromatic rings. The quantitative estimate of drug-likeness (QED) is 0.366. The predicted molar refractivity (Wildman–Crippen MR) is 66.6 cm³/mol. The molecule has 86 valence electrons. The average molecular weight is 207 g/mol. The van der Waals surface area contributed by atoms with Crippen molar-refractivity contribution in [2.45, 2.75) is 71.1 Å². The van der Waals surface area contributed by atoms with E-state index in [1.165, 1.54) is 51.4 Å². The molecule has 0 heterocycles. The Hall–Kier alpha value is -0.770. The van der Waals surface area contributed by atoms with Crippen LogP contribution in [0.3, 0.4) is 0 Å². The zero-order chi connectivity index (χ0) is 11.4. The van der Waals surface area contributed by atoms with Gasteiger partial charge in [0, 0.05) is 5.57 Å². The van der Waals surface area contributed by atoms with Gasteiger partial charge in [-0.15, -0.1) is 0 Å². The number of nitrogens with zero attached hydrogens (tertiary/aromatic N) is 1. The normalized spacial score (nSPS) is 9.87. The fourth-order valence-corrected chi connectivity index (χ4v) is 1.70. The summed E-state index contributed by atoms with van der Waals surface area (Å²) in [7, 11) is 0. The lowest BCUT2D eigenvalue weighted by Gasteiger charge is -2.01. The van der Waals surface area contributed by atoms with E-state index in [9.17, 15) is 0 Å². The summed E-state index contributed by atoms with van der Waals surface area (Å²) in [5.74, 6) is 0. The molecule has 0 fully saturated rings. The Labute approximate surface area is 95.2 Å². The standard InChI is InChI=1S/C14H25N/c1-3-4-5-6-7-8-9-10-11-12-14(2)13-15/h2-12H2,1H3. The van der Waals surface area contributed by atoms with Crippen LogP contribution in [0.5, 0.6) is 0 Å². The molecule has 0 atom stereocenters. The molecule has 0 aliphatic rings. The minimum atomic E-state index is 0.734. The van der Waals surface area contributed by atoms with E-state index in [-0.39, 0.29) is 0 Å². The molecule has 0 aromatic heterocycles. The van der Waals surface area contributed by atoms with Gasteiger partial charge in [-0.2, -0.15) is 5.26 Å². The topological polar surface area (TPSA) is 23.8 Å². The summed E-state index contributed by atoms with van der Waals surface area (Å²) in [6.07, 6.45) is 12.9. The highest BCUT2D eigenvalue weighted by molar-refractivity contribution is 5.14. The summed E-state index contributed by atoms with van der Waals surface area (Å²) in [6, 6.07) is 2.10. The Morgan fingerprint density at radius 3 is 1.87 bits per heavy atom. The molecule has 0 spiro atoms. The van der Waals surface area contributed by atoms with Crippen LogP contribution in [0.25, 0.3) is 0 Å². The number of rotatable bonds is 10. The van der Waals surface area contributed by atoms with Gasteiger partial charge in [0.1, 0.15) is 0 Å². The maximum Gasteiger partial charge on any atom is 0.0940 e. The van der Waals surface area contributed by atoms with E-state index in [0.29, 0.717) is 0 Å². The number of nitriles is 1. The number of unbranched alkanes of at least 4 members (excludes halogenated alkanes) is 8. The highest BCUT2D eigenvalue weighted by atomic mass is 14.2. The Bertz CT molecular complexity index is 188. The van der Waals surface area contributed by atoms with Crippen LogP contribution in [0.2, 0.25) is 0 Å². The zero-order valence-corrected chi connectivity index (χ0v) is 10.2. The second-order valence-electron chi connectivity index (χ2n) is 4.29. The van der Waals surface area contributed by atoms with Crippen LogP contribution in [0.15, 0.2) is 12.2 Å². The van der Waals surface area contributed by atoms with Crippen LogP contribution in [0.4, 0.5) is 0 Å². The zero-order valence-electron chi connectivity index (χ0n) is 10.2. The number of hydrogen-bond donors (Lipinski definition) is 0. The van der Waals surface area contributed by atoms with Crippen molar-refractivity contribution in [2.75, 3.05) is 0 Å². The molecule has 0 saturated heterocycles. The molecular weight excluding hydrogens is 182 g/mol. The summed E-state index contributed by atoms with van der Waals surface area (Å²) in [5.41, 5.74) is 0.734.